The van der Waals surface area contributed by atoms with E-state index >= 15 is 0 Å². The normalized spacial score (nSPS) is 22.1. The van der Waals surface area contributed by atoms with Crippen molar-refractivity contribution in [2.75, 3.05) is 26.4 Å². The highest BCUT2D eigenvalue weighted by Crippen LogP contribution is 2.50. The van der Waals surface area contributed by atoms with Gasteiger partial charge in [-0.2, -0.15) is 0 Å². The summed E-state index contributed by atoms with van der Waals surface area (Å²) in [6.07, 6.45) is 6.45. The summed E-state index contributed by atoms with van der Waals surface area (Å²) in [6, 6.07) is 17.3. The number of benzene rings is 2. The van der Waals surface area contributed by atoms with Crippen LogP contribution >= 0.6 is 0 Å². The van der Waals surface area contributed by atoms with Crippen LogP contribution in [0.2, 0.25) is 0 Å². The molecule has 3 atom stereocenters. The average molecular weight is 465 g/mol. The van der Waals surface area contributed by atoms with E-state index in [4.69, 9.17) is 18.9 Å². The molecule has 2 aromatic carbocycles. The second-order valence-corrected chi connectivity index (χ2v) is 9.68. The Hall–Kier alpha value is -2.88. The number of rotatable bonds is 13. The third kappa shape index (κ3) is 6.82. The van der Waals surface area contributed by atoms with Crippen molar-refractivity contribution in [3.63, 3.8) is 0 Å². The first kappa shape index (κ1) is 25.7. The van der Waals surface area contributed by atoms with Crippen molar-refractivity contribution < 1.29 is 18.9 Å². The molecule has 1 aliphatic rings. The molecule has 0 heterocycles. The second kappa shape index (κ2) is 12.5. The summed E-state index contributed by atoms with van der Waals surface area (Å²) in [6.45, 7) is 16.3. The Bertz CT molecular complexity index is 887. The first-order valence-electron chi connectivity index (χ1n) is 12.4. The van der Waals surface area contributed by atoms with Gasteiger partial charge < -0.3 is 18.9 Å². The van der Waals surface area contributed by atoms with E-state index in [1.807, 2.05) is 0 Å². The van der Waals surface area contributed by atoms with Gasteiger partial charge in [-0.05, 0) is 77.8 Å². The van der Waals surface area contributed by atoms with E-state index in [1.165, 1.54) is 36.5 Å². The zero-order valence-corrected chi connectivity index (χ0v) is 21.0. The van der Waals surface area contributed by atoms with E-state index < -0.39 is 0 Å². The largest absolute Gasteiger partial charge is 0.498 e. The van der Waals surface area contributed by atoms with Crippen LogP contribution in [-0.4, -0.2) is 26.4 Å². The summed E-state index contributed by atoms with van der Waals surface area (Å²) in [7, 11) is 0. The van der Waals surface area contributed by atoms with Crippen LogP contribution in [0.4, 0.5) is 0 Å². The molecule has 1 aliphatic carbocycles. The van der Waals surface area contributed by atoms with Gasteiger partial charge in [0, 0.05) is 0 Å². The average Bonchev–Trinajstić information content (AvgIpc) is 2.85. The zero-order valence-electron chi connectivity index (χ0n) is 21.0. The number of hydrogen-bond acceptors (Lipinski definition) is 4. The third-order valence-corrected chi connectivity index (χ3v) is 7.11. The fourth-order valence-corrected chi connectivity index (χ4v) is 5.20. The summed E-state index contributed by atoms with van der Waals surface area (Å²) in [4.78, 5) is 0. The lowest BCUT2D eigenvalue weighted by molar-refractivity contribution is 0.169. The third-order valence-electron chi connectivity index (χ3n) is 7.11. The minimum Gasteiger partial charge on any atom is -0.498 e. The molecule has 0 spiro atoms. The van der Waals surface area contributed by atoms with Gasteiger partial charge in [-0.1, -0.05) is 58.2 Å². The summed E-state index contributed by atoms with van der Waals surface area (Å²) < 4.78 is 21.8. The first-order valence-corrected chi connectivity index (χ1v) is 12.4. The monoisotopic (exact) mass is 464 g/mol. The smallest absolute Gasteiger partial charge is 0.122 e. The van der Waals surface area contributed by atoms with Crippen LogP contribution in [-0.2, 0) is 14.9 Å². The minimum absolute atomic E-state index is 0.137. The SMILES string of the molecule is C=COCCOc1ccc(C2CC(C)(c3ccc(OCCOC=C)cc3)CCC2C(C)C)cc1. The Morgan fingerprint density at radius 3 is 1.88 bits per heavy atom. The minimum atomic E-state index is 0.137. The molecule has 4 nitrogen and oxygen atoms in total. The molecule has 0 N–H and O–H groups in total. The van der Waals surface area contributed by atoms with Crippen molar-refractivity contribution in [1.82, 2.24) is 0 Å². The van der Waals surface area contributed by atoms with Crippen LogP contribution in [0.25, 0.3) is 0 Å². The van der Waals surface area contributed by atoms with Crippen molar-refractivity contribution in [2.24, 2.45) is 11.8 Å². The van der Waals surface area contributed by atoms with Gasteiger partial charge in [0.2, 0.25) is 0 Å². The lowest BCUT2D eigenvalue weighted by Crippen LogP contribution is -2.35. The highest BCUT2D eigenvalue weighted by molar-refractivity contribution is 5.35. The van der Waals surface area contributed by atoms with Crippen LogP contribution in [0.5, 0.6) is 11.5 Å². The molecular formula is C30H40O4. The van der Waals surface area contributed by atoms with Crippen molar-refractivity contribution in [3.8, 4) is 11.5 Å². The summed E-state index contributed by atoms with van der Waals surface area (Å²) in [5.41, 5.74) is 2.93. The molecule has 0 amide bonds. The Morgan fingerprint density at radius 1 is 0.853 bits per heavy atom. The molecule has 2 aromatic rings. The van der Waals surface area contributed by atoms with Crippen LogP contribution in [0, 0.1) is 11.8 Å². The molecule has 0 aliphatic heterocycles. The van der Waals surface area contributed by atoms with E-state index in [0.717, 1.165) is 17.9 Å². The van der Waals surface area contributed by atoms with E-state index in [0.29, 0.717) is 44.2 Å². The second-order valence-electron chi connectivity index (χ2n) is 9.68. The molecule has 0 radical (unpaired) electrons. The van der Waals surface area contributed by atoms with Gasteiger partial charge in [0.1, 0.15) is 37.9 Å². The maximum Gasteiger partial charge on any atom is 0.122 e. The molecule has 34 heavy (non-hydrogen) atoms. The van der Waals surface area contributed by atoms with Crippen molar-refractivity contribution >= 4 is 0 Å². The van der Waals surface area contributed by atoms with Crippen LogP contribution in [0.1, 0.15) is 57.1 Å². The summed E-state index contributed by atoms with van der Waals surface area (Å²) in [5.74, 6) is 3.60. The predicted molar refractivity (Wildman–Crippen MR) is 138 cm³/mol. The maximum absolute atomic E-state index is 5.79. The van der Waals surface area contributed by atoms with Gasteiger partial charge in [0.15, 0.2) is 0 Å². The molecular weight excluding hydrogens is 424 g/mol. The van der Waals surface area contributed by atoms with Crippen molar-refractivity contribution in [1.29, 1.82) is 0 Å². The topological polar surface area (TPSA) is 36.9 Å². The van der Waals surface area contributed by atoms with E-state index in [1.54, 1.807) is 0 Å². The molecule has 0 saturated heterocycles. The number of hydrogen-bond donors (Lipinski definition) is 0. The molecule has 0 bridgehead atoms. The summed E-state index contributed by atoms with van der Waals surface area (Å²) in [5, 5.41) is 0. The highest BCUT2D eigenvalue weighted by Gasteiger charge is 2.40. The number of ether oxygens (including phenoxy) is 4. The van der Waals surface area contributed by atoms with Gasteiger partial charge in [-0.25, -0.2) is 0 Å². The van der Waals surface area contributed by atoms with Crippen LogP contribution < -0.4 is 9.47 Å². The molecule has 3 rings (SSSR count). The fraction of sp³-hybridized carbons (Fsp3) is 0.467. The quantitative estimate of drug-likeness (QED) is 0.231. The molecule has 184 valence electrons. The Balaban J connectivity index is 1.70. The lowest BCUT2D eigenvalue weighted by atomic mass is 9.59. The Morgan fingerprint density at radius 2 is 1.38 bits per heavy atom. The first-order chi connectivity index (χ1) is 16.5. The Labute approximate surface area is 205 Å². The van der Waals surface area contributed by atoms with E-state index in [2.05, 4.69) is 82.5 Å². The molecule has 3 unspecified atom stereocenters. The van der Waals surface area contributed by atoms with E-state index in [9.17, 15) is 0 Å². The highest BCUT2D eigenvalue weighted by atomic mass is 16.5. The fourth-order valence-electron chi connectivity index (χ4n) is 5.20. The van der Waals surface area contributed by atoms with Gasteiger partial charge in [0.25, 0.3) is 0 Å². The molecule has 1 fully saturated rings. The van der Waals surface area contributed by atoms with Gasteiger partial charge in [-0.15, -0.1) is 0 Å². The lowest BCUT2D eigenvalue weighted by Gasteiger charge is -2.45. The Kier molecular flexibility index (Phi) is 9.50. The van der Waals surface area contributed by atoms with Crippen LogP contribution in [0.3, 0.4) is 0 Å². The predicted octanol–water partition coefficient (Wildman–Crippen LogP) is 7.26. The van der Waals surface area contributed by atoms with Gasteiger partial charge in [0.05, 0.1) is 12.5 Å². The molecule has 1 saturated carbocycles. The maximum atomic E-state index is 5.79. The van der Waals surface area contributed by atoms with Crippen molar-refractivity contribution in [3.05, 3.63) is 85.3 Å². The van der Waals surface area contributed by atoms with Crippen molar-refractivity contribution in [2.45, 2.75) is 51.4 Å². The standard InChI is InChI=1S/C30H40O4/c1-6-31-18-20-33-26-12-8-24(9-13-26)29-22-30(5,17-16-28(29)23(3)4)25-10-14-27(15-11-25)34-21-19-32-7-2/h6-15,23,28-29H,1-2,16-22H2,3-5H3. The summed E-state index contributed by atoms with van der Waals surface area (Å²) >= 11 is 0. The van der Waals surface area contributed by atoms with Gasteiger partial charge >= 0.3 is 0 Å². The molecule has 4 heteroatoms. The van der Waals surface area contributed by atoms with Crippen LogP contribution in [0.15, 0.2) is 74.2 Å². The van der Waals surface area contributed by atoms with Gasteiger partial charge in [-0.3, -0.25) is 0 Å². The molecule has 0 aromatic heterocycles. The van der Waals surface area contributed by atoms with E-state index in [-0.39, 0.29) is 5.41 Å². The zero-order chi connectivity index (χ0) is 24.4.